The Bertz CT molecular complexity index is 2400. The molecule has 9 rings (SSSR count). The van der Waals surface area contributed by atoms with Crippen LogP contribution in [-0.4, -0.2) is 24.5 Å². The lowest BCUT2D eigenvalue weighted by Crippen LogP contribution is -2.13. The average Bonchev–Trinajstić information content (AvgIpc) is 3.90. The van der Waals surface area contributed by atoms with Crippen LogP contribution in [0.2, 0.25) is 0 Å². The molecule has 9 aromatic rings. The molecule has 9 heteroatoms. The topological polar surface area (TPSA) is 59.7 Å². The molecule has 8 aromatic heterocycles. The maximum atomic E-state index is 4.98. The highest BCUT2D eigenvalue weighted by Gasteiger charge is 2.20. The average molecular weight is 635 g/mol. The molecule has 0 unspecified atom stereocenters. The van der Waals surface area contributed by atoms with E-state index in [4.69, 9.17) is 9.97 Å². The number of para-hydroxylation sites is 1. The fourth-order valence-electron chi connectivity index (χ4n) is 5.82. The van der Waals surface area contributed by atoms with Gasteiger partial charge in [0.15, 0.2) is 0 Å². The van der Waals surface area contributed by atoms with E-state index in [0.717, 1.165) is 45.1 Å². The summed E-state index contributed by atoms with van der Waals surface area (Å²) in [5.74, 6) is 1.55. The zero-order chi connectivity index (χ0) is 29.7. The normalized spacial score (nSPS) is 11.6. The molecule has 0 amide bonds. The van der Waals surface area contributed by atoms with Crippen molar-refractivity contribution >= 4 is 82.5 Å². The van der Waals surface area contributed by atoms with Crippen molar-refractivity contribution < 1.29 is 0 Å². The minimum atomic E-state index is 0.776. The molecule has 45 heavy (non-hydrogen) atoms. The third kappa shape index (κ3) is 4.43. The minimum absolute atomic E-state index is 0.776. The van der Waals surface area contributed by atoms with E-state index >= 15 is 0 Å². The van der Waals surface area contributed by atoms with E-state index in [0.29, 0.717) is 0 Å². The fraction of sp³-hybridized carbons (Fsp3) is 0. The van der Waals surface area contributed by atoms with Gasteiger partial charge < -0.3 is 0 Å². The summed E-state index contributed by atoms with van der Waals surface area (Å²) in [5.41, 5.74) is 6.05. The number of fused-ring (bicyclic) bond motifs is 4. The van der Waals surface area contributed by atoms with Gasteiger partial charge in [0.25, 0.3) is 0 Å². The van der Waals surface area contributed by atoms with Gasteiger partial charge in [-0.05, 0) is 66.0 Å². The van der Waals surface area contributed by atoms with E-state index in [1.165, 1.54) is 30.2 Å². The van der Waals surface area contributed by atoms with Crippen molar-refractivity contribution in [2.24, 2.45) is 0 Å². The van der Waals surface area contributed by atoms with Crippen LogP contribution in [0.3, 0.4) is 0 Å². The van der Waals surface area contributed by atoms with Crippen LogP contribution in [0.4, 0.5) is 17.3 Å². The first-order valence-corrected chi connectivity index (χ1v) is 16.9. The first kappa shape index (κ1) is 26.2. The molecule has 6 nitrogen and oxygen atoms in total. The number of pyridine rings is 4. The second-order valence-electron chi connectivity index (χ2n) is 10.5. The first-order valence-electron chi connectivity index (χ1n) is 14.3. The Morgan fingerprint density at radius 3 is 2.20 bits per heavy atom. The van der Waals surface area contributed by atoms with E-state index in [2.05, 4.69) is 79.9 Å². The van der Waals surface area contributed by atoms with Crippen LogP contribution >= 0.6 is 34.0 Å². The molecule has 0 saturated heterocycles. The first-order chi connectivity index (χ1) is 22.3. The standard InChI is InChI=1S/C36H22N6S3/c1-2-9-29-24(8-1)25-19-28(27-18-23(13-16-37-27)41(33-11-3-5-14-38-33)34-12-4-6-15-39-34)40-21-30(25)42(29)35-20-32-36(45-35)26(22-44-32)31-10-7-17-43-31/h1-22H. The highest BCUT2D eigenvalue weighted by Crippen LogP contribution is 2.44. The summed E-state index contributed by atoms with van der Waals surface area (Å²) in [7, 11) is 0. The number of rotatable bonds is 6. The summed E-state index contributed by atoms with van der Waals surface area (Å²) in [6.07, 6.45) is 7.39. The monoisotopic (exact) mass is 634 g/mol. The Labute approximate surface area is 270 Å². The van der Waals surface area contributed by atoms with Gasteiger partial charge in [0.05, 0.1) is 39.0 Å². The molecule has 0 saturated carbocycles. The van der Waals surface area contributed by atoms with Crippen LogP contribution in [0.25, 0.3) is 58.0 Å². The third-order valence-electron chi connectivity index (χ3n) is 7.82. The van der Waals surface area contributed by atoms with Crippen LogP contribution in [0, 0.1) is 0 Å². The SMILES string of the molecule is c1ccc(N(c2ccnc(-c3cc4c5ccccc5n(-c5cc6scc(-c7cccs7)c6s5)c4cn3)c2)c2ccccn2)nc1. The summed E-state index contributed by atoms with van der Waals surface area (Å²) in [5, 5.41) is 7.94. The maximum absolute atomic E-state index is 4.98. The summed E-state index contributed by atoms with van der Waals surface area (Å²) >= 11 is 5.44. The number of benzene rings is 1. The van der Waals surface area contributed by atoms with Gasteiger partial charge in [-0.15, -0.1) is 34.0 Å². The molecule has 0 bridgehead atoms. The highest BCUT2D eigenvalue weighted by atomic mass is 32.1. The summed E-state index contributed by atoms with van der Waals surface area (Å²) in [4.78, 5) is 22.3. The molecule has 8 heterocycles. The molecule has 0 fully saturated rings. The number of thiophene rings is 3. The van der Waals surface area contributed by atoms with Crippen molar-refractivity contribution in [1.82, 2.24) is 24.5 Å². The van der Waals surface area contributed by atoms with Crippen molar-refractivity contribution in [3.8, 4) is 26.8 Å². The summed E-state index contributed by atoms with van der Waals surface area (Å²) < 4.78 is 4.99. The van der Waals surface area contributed by atoms with Crippen molar-refractivity contribution in [2.75, 3.05) is 4.90 Å². The number of hydrogen-bond acceptors (Lipinski definition) is 8. The molecule has 0 aliphatic heterocycles. The van der Waals surface area contributed by atoms with Crippen LogP contribution in [0.15, 0.2) is 133 Å². The van der Waals surface area contributed by atoms with Gasteiger partial charge in [0.1, 0.15) is 16.6 Å². The molecule has 0 aliphatic carbocycles. The molecule has 0 N–H and O–H groups in total. The Morgan fingerprint density at radius 1 is 0.622 bits per heavy atom. The number of aromatic nitrogens is 5. The van der Waals surface area contributed by atoms with Gasteiger partial charge in [-0.3, -0.25) is 19.4 Å². The number of hydrogen-bond donors (Lipinski definition) is 0. The zero-order valence-corrected chi connectivity index (χ0v) is 26.1. The van der Waals surface area contributed by atoms with Crippen molar-refractivity contribution in [3.63, 3.8) is 0 Å². The Kier molecular flexibility index (Phi) is 6.26. The Balaban J connectivity index is 1.18. The van der Waals surface area contributed by atoms with Crippen molar-refractivity contribution in [3.05, 3.63) is 133 Å². The molecule has 0 atom stereocenters. The van der Waals surface area contributed by atoms with Crippen LogP contribution < -0.4 is 4.90 Å². The summed E-state index contributed by atoms with van der Waals surface area (Å²) in [6.45, 7) is 0. The van der Waals surface area contributed by atoms with Crippen LogP contribution in [0.1, 0.15) is 0 Å². The molecule has 214 valence electrons. The molecular weight excluding hydrogens is 613 g/mol. The van der Waals surface area contributed by atoms with E-state index in [1.807, 2.05) is 82.4 Å². The number of nitrogens with zero attached hydrogens (tertiary/aromatic N) is 6. The summed E-state index contributed by atoms with van der Waals surface area (Å²) in [6, 6.07) is 33.2. The van der Waals surface area contributed by atoms with E-state index in [9.17, 15) is 0 Å². The fourth-order valence-corrected chi connectivity index (χ4v) is 9.13. The van der Waals surface area contributed by atoms with Crippen molar-refractivity contribution in [2.45, 2.75) is 0 Å². The van der Waals surface area contributed by atoms with E-state index in [1.54, 1.807) is 23.7 Å². The number of anilines is 3. The smallest absolute Gasteiger partial charge is 0.138 e. The van der Waals surface area contributed by atoms with Crippen LogP contribution in [-0.2, 0) is 0 Å². The van der Waals surface area contributed by atoms with Gasteiger partial charge in [-0.1, -0.05) is 36.4 Å². The van der Waals surface area contributed by atoms with Gasteiger partial charge in [-0.25, -0.2) is 9.97 Å². The van der Waals surface area contributed by atoms with Gasteiger partial charge in [0, 0.05) is 49.9 Å². The molecule has 1 aromatic carbocycles. The second-order valence-corrected chi connectivity index (χ2v) is 13.3. The Morgan fingerprint density at radius 2 is 1.42 bits per heavy atom. The largest absolute Gasteiger partial charge is 0.299 e. The quantitative estimate of drug-likeness (QED) is 0.182. The van der Waals surface area contributed by atoms with Gasteiger partial charge in [0.2, 0.25) is 0 Å². The zero-order valence-electron chi connectivity index (χ0n) is 23.6. The predicted octanol–water partition coefficient (Wildman–Crippen LogP) is 10.5. The van der Waals surface area contributed by atoms with E-state index in [-0.39, 0.29) is 0 Å². The van der Waals surface area contributed by atoms with Gasteiger partial charge in [-0.2, -0.15) is 0 Å². The highest BCUT2D eigenvalue weighted by molar-refractivity contribution is 7.29. The van der Waals surface area contributed by atoms with Gasteiger partial charge >= 0.3 is 0 Å². The van der Waals surface area contributed by atoms with Crippen LogP contribution in [0.5, 0.6) is 0 Å². The molecule has 0 radical (unpaired) electrons. The second kappa shape index (κ2) is 10.7. The molecule has 0 spiro atoms. The lowest BCUT2D eigenvalue weighted by Gasteiger charge is -2.23. The Hall–Kier alpha value is -5.22. The van der Waals surface area contributed by atoms with Crippen molar-refractivity contribution in [1.29, 1.82) is 0 Å². The third-order valence-corrected chi connectivity index (χ3v) is 10.9. The molecule has 0 aliphatic rings. The predicted molar refractivity (Wildman–Crippen MR) is 189 cm³/mol. The van der Waals surface area contributed by atoms with E-state index < -0.39 is 0 Å². The minimum Gasteiger partial charge on any atom is -0.299 e. The lowest BCUT2D eigenvalue weighted by molar-refractivity contribution is 1.12. The molecular formula is C36H22N6S3. The lowest BCUT2D eigenvalue weighted by atomic mass is 10.1. The maximum Gasteiger partial charge on any atom is 0.138 e.